The summed E-state index contributed by atoms with van der Waals surface area (Å²) >= 11 is 0. The fraction of sp³-hybridized carbons (Fsp3) is 0.632. The van der Waals surface area contributed by atoms with Gasteiger partial charge in [0.15, 0.2) is 9.84 Å². The Hall–Kier alpha value is -2.00. The van der Waals surface area contributed by atoms with Gasteiger partial charge >= 0.3 is 5.97 Å². The molecule has 28 heavy (non-hydrogen) atoms. The number of unbranched alkanes of at least 4 members (excludes halogenated alkanes) is 1. The van der Waals surface area contributed by atoms with Gasteiger partial charge in [0, 0.05) is 31.6 Å². The first-order valence-corrected chi connectivity index (χ1v) is 11.1. The molecule has 3 rings (SSSR count). The highest BCUT2D eigenvalue weighted by Gasteiger charge is 2.59. The predicted molar refractivity (Wildman–Crippen MR) is 102 cm³/mol. The summed E-state index contributed by atoms with van der Waals surface area (Å²) in [6.07, 6.45) is 3.32. The quantitative estimate of drug-likeness (QED) is 0.252. The van der Waals surface area contributed by atoms with Crippen molar-refractivity contribution in [3.63, 3.8) is 0 Å². The topological polar surface area (TPSA) is 113 Å². The largest absolute Gasteiger partial charge is 0.459 e. The van der Waals surface area contributed by atoms with E-state index in [1.807, 2.05) is 0 Å². The third-order valence-corrected chi connectivity index (χ3v) is 8.49. The van der Waals surface area contributed by atoms with E-state index in [-0.39, 0.29) is 30.7 Å². The molecule has 2 saturated carbocycles. The van der Waals surface area contributed by atoms with Crippen LogP contribution in [-0.4, -0.2) is 48.6 Å². The number of sulfone groups is 1. The van der Waals surface area contributed by atoms with Crippen LogP contribution < -0.4 is 0 Å². The van der Waals surface area contributed by atoms with Gasteiger partial charge in [0.25, 0.3) is 5.69 Å². The predicted octanol–water partition coefficient (Wildman–Crippen LogP) is 3.05. The van der Waals surface area contributed by atoms with Gasteiger partial charge in [-0.1, -0.05) is 13.3 Å². The van der Waals surface area contributed by atoms with Crippen molar-refractivity contribution in [3.05, 3.63) is 39.9 Å². The zero-order valence-corrected chi connectivity index (χ0v) is 16.7. The number of nitrogens with zero attached hydrogens (tertiary/aromatic N) is 1. The average Bonchev–Trinajstić information content (AvgIpc) is 3.43. The molecule has 0 radical (unpaired) electrons. The summed E-state index contributed by atoms with van der Waals surface area (Å²) in [5, 5.41) is 10.2. The van der Waals surface area contributed by atoms with E-state index in [0.717, 1.165) is 12.8 Å². The zero-order chi connectivity index (χ0) is 20.4. The van der Waals surface area contributed by atoms with Gasteiger partial charge in [-0.3, -0.25) is 10.1 Å². The fourth-order valence-electron chi connectivity index (χ4n) is 3.31. The normalized spacial score (nSPS) is 22.9. The Morgan fingerprint density at radius 1 is 1.25 bits per heavy atom. The van der Waals surface area contributed by atoms with Crippen LogP contribution in [0.4, 0.5) is 5.69 Å². The lowest BCUT2D eigenvalue weighted by atomic mass is 9.95. The summed E-state index contributed by atoms with van der Waals surface area (Å²) in [7, 11) is -3.32. The van der Waals surface area contributed by atoms with Crippen LogP contribution in [0.3, 0.4) is 0 Å². The number of carbonyl (C=O) groups is 1. The first-order chi connectivity index (χ1) is 13.3. The van der Waals surface area contributed by atoms with Gasteiger partial charge < -0.3 is 9.47 Å². The van der Waals surface area contributed by atoms with Gasteiger partial charge in [-0.2, -0.15) is 0 Å². The van der Waals surface area contributed by atoms with Gasteiger partial charge in [0.1, 0.15) is 6.10 Å². The summed E-state index contributed by atoms with van der Waals surface area (Å²) < 4.78 is 35.9. The van der Waals surface area contributed by atoms with Crippen molar-refractivity contribution in [2.24, 2.45) is 0 Å². The van der Waals surface area contributed by atoms with E-state index in [4.69, 9.17) is 9.47 Å². The highest BCUT2D eigenvalue weighted by molar-refractivity contribution is 7.93. The number of hydrogen-bond acceptors (Lipinski definition) is 7. The second kappa shape index (κ2) is 8.16. The van der Waals surface area contributed by atoms with Crippen LogP contribution in [0.15, 0.2) is 24.3 Å². The Kier molecular flexibility index (Phi) is 6.04. The van der Waals surface area contributed by atoms with E-state index in [2.05, 4.69) is 6.92 Å². The lowest BCUT2D eigenvalue weighted by Gasteiger charge is -2.36. The number of carbonyl (C=O) groups excluding carboxylic acids is 1. The molecule has 1 aromatic rings. The average molecular weight is 411 g/mol. The monoisotopic (exact) mass is 411 g/mol. The van der Waals surface area contributed by atoms with Crippen molar-refractivity contribution in [2.75, 3.05) is 13.2 Å². The number of nitro groups is 1. The van der Waals surface area contributed by atoms with E-state index >= 15 is 0 Å². The standard InChI is InChI=1S/C19H25NO7S/c1-2-3-10-26-13-19(8-9-19)28(24,25)17-11-16(12-17)27-18(21)14-4-6-15(7-5-14)20(22)23/h4-7,16-17H,2-3,8-13H2,1H3. The third-order valence-electron chi connectivity index (χ3n) is 5.50. The first kappa shape index (κ1) is 20.7. The minimum Gasteiger partial charge on any atom is -0.459 e. The Morgan fingerprint density at radius 3 is 2.43 bits per heavy atom. The second-order valence-corrected chi connectivity index (χ2v) is 10.2. The molecule has 2 fully saturated rings. The van der Waals surface area contributed by atoms with Gasteiger partial charge in [-0.15, -0.1) is 0 Å². The molecule has 0 N–H and O–H groups in total. The van der Waals surface area contributed by atoms with Crippen molar-refractivity contribution in [1.82, 2.24) is 0 Å². The minimum absolute atomic E-state index is 0.109. The maximum Gasteiger partial charge on any atom is 0.338 e. The van der Waals surface area contributed by atoms with Gasteiger partial charge in [0.2, 0.25) is 0 Å². The van der Waals surface area contributed by atoms with Crippen LogP contribution >= 0.6 is 0 Å². The molecule has 0 amide bonds. The molecule has 2 aliphatic carbocycles. The lowest BCUT2D eigenvalue weighted by Crippen LogP contribution is -2.47. The molecule has 0 aromatic heterocycles. The fourth-order valence-corrected chi connectivity index (χ4v) is 5.88. The molecule has 154 valence electrons. The van der Waals surface area contributed by atoms with Gasteiger partial charge in [-0.05, 0) is 31.4 Å². The van der Waals surface area contributed by atoms with E-state index in [0.29, 0.717) is 19.4 Å². The SMILES string of the molecule is CCCCOCC1(S(=O)(=O)C2CC(OC(=O)c3ccc([N+](=O)[O-])cc3)C2)CC1. The molecule has 2 aliphatic rings. The van der Waals surface area contributed by atoms with Crippen molar-refractivity contribution < 1.29 is 27.6 Å². The summed E-state index contributed by atoms with van der Waals surface area (Å²) in [4.78, 5) is 22.2. The number of non-ortho nitro benzene ring substituents is 1. The molecule has 1 aromatic carbocycles. The van der Waals surface area contributed by atoms with Crippen molar-refractivity contribution >= 4 is 21.5 Å². The Labute approximate surface area is 164 Å². The van der Waals surface area contributed by atoms with Crippen molar-refractivity contribution in [1.29, 1.82) is 0 Å². The Morgan fingerprint density at radius 2 is 1.89 bits per heavy atom. The van der Waals surface area contributed by atoms with Gasteiger partial charge in [-0.25, -0.2) is 13.2 Å². The molecule has 0 heterocycles. The van der Waals surface area contributed by atoms with E-state index < -0.39 is 36.8 Å². The summed E-state index contributed by atoms with van der Waals surface area (Å²) in [6.45, 7) is 2.88. The molecule has 0 unspecified atom stereocenters. The van der Waals surface area contributed by atoms with Crippen LogP contribution in [-0.2, 0) is 19.3 Å². The number of esters is 1. The third kappa shape index (κ3) is 4.20. The molecule has 8 nitrogen and oxygen atoms in total. The minimum atomic E-state index is -3.32. The van der Waals surface area contributed by atoms with E-state index in [1.165, 1.54) is 24.3 Å². The van der Waals surface area contributed by atoms with E-state index in [1.54, 1.807) is 0 Å². The lowest BCUT2D eigenvalue weighted by molar-refractivity contribution is -0.384. The zero-order valence-electron chi connectivity index (χ0n) is 15.8. The molecular formula is C19H25NO7S. The van der Waals surface area contributed by atoms with Crippen molar-refractivity contribution in [3.8, 4) is 0 Å². The molecule has 0 aliphatic heterocycles. The van der Waals surface area contributed by atoms with Crippen LogP contribution in [0, 0.1) is 10.1 Å². The maximum atomic E-state index is 12.9. The smallest absolute Gasteiger partial charge is 0.338 e. The summed E-state index contributed by atoms with van der Waals surface area (Å²) in [6, 6.07) is 5.14. The maximum absolute atomic E-state index is 12.9. The second-order valence-electron chi connectivity index (χ2n) is 7.56. The van der Waals surface area contributed by atoms with Crippen LogP contribution in [0.5, 0.6) is 0 Å². The molecule has 0 bridgehead atoms. The summed E-state index contributed by atoms with van der Waals surface area (Å²) in [5.41, 5.74) is 0.0992. The molecule has 9 heteroatoms. The van der Waals surface area contributed by atoms with Crippen LogP contribution in [0.25, 0.3) is 0 Å². The van der Waals surface area contributed by atoms with E-state index in [9.17, 15) is 23.3 Å². The number of hydrogen-bond donors (Lipinski definition) is 0. The first-order valence-electron chi connectivity index (χ1n) is 9.56. The van der Waals surface area contributed by atoms with Crippen LogP contribution in [0.1, 0.15) is 55.8 Å². The number of ether oxygens (including phenoxy) is 2. The Bertz CT molecular complexity index is 824. The van der Waals surface area contributed by atoms with Crippen LogP contribution in [0.2, 0.25) is 0 Å². The molecule has 0 atom stereocenters. The number of rotatable bonds is 10. The number of nitro benzene ring substituents is 1. The Balaban J connectivity index is 1.49. The molecule has 0 spiro atoms. The summed E-state index contributed by atoms with van der Waals surface area (Å²) in [5.74, 6) is -0.597. The highest BCUT2D eigenvalue weighted by Crippen LogP contribution is 2.49. The van der Waals surface area contributed by atoms with Crippen molar-refractivity contribution in [2.45, 2.75) is 61.5 Å². The molecular weight excluding hydrogens is 386 g/mol. The number of benzene rings is 1. The highest BCUT2D eigenvalue weighted by atomic mass is 32.2. The van der Waals surface area contributed by atoms with Gasteiger partial charge in [0.05, 0.1) is 27.1 Å². The molecule has 0 saturated heterocycles.